The lowest BCUT2D eigenvalue weighted by Crippen LogP contribution is -2.34. The van der Waals surface area contributed by atoms with Gasteiger partial charge in [0.05, 0.1) is 5.41 Å². The molecule has 2 aromatic carbocycles. The largest absolute Gasteiger partial charge is 0.299 e. The molecule has 23 heavy (non-hydrogen) atoms. The summed E-state index contributed by atoms with van der Waals surface area (Å²) < 4.78 is 0. The van der Waals surface area contributed by atoms with Gasteiger partial charge in [-0.15, -0.1) is 0 Å². The van der Waals surface area contributed by atoms with Gasteiger partial charge in [-0.05, 0) is 37.8 Å². The minimum atomic E-state index is -0.899. The molecule has 2 aromatic rings. The Balaban J connectivity index is 1.88. The maximum atomic E-state index is 12.5. The molecule has 120 valence electrons. The van der Waals surface area contributed by atoms with E-state index in [9.17, 15) is 9.59 Å². The van der Waals surface area contributed by atoms with Gasteiger partial charge in [0.25, 0.3) is 0 Å². The molecular formula is C21H24O2. The number of Topliss-reactive ketones (excluding diaryl/α,β-unsaturated/α-hetero) is 2. The van der Waals surface area contributed by atoms with Crippen molar-refractivity contribution in [3.05, 3.63) is 71.8 Å². The molecule has 0 spiro atoms. The van der Waals surface area contributed by atoms with E-state index in [1.807, 2.05) is 60.7 Å². The normalized spacial score (nSPS) is 11.2. The van der Waals surface area contributed by atoms with Crippen molar-refractivity contribution in [3.8, 4) is 0 Å². The summed E-state index contributed by atoms with van der Waals surface area (Å²) in [4.78, 5) is 24.9. The molecule has 0 saturated carbocycles. The Labute approximate surface area is 138 Å². The first-order valence-corrected chi connectivity index (χ1v) is 8.14. The number of hydrogen-bond acceptors (Lipinski definition) is 2. The molecule has 0 N–H and O–H groups in total. The number of benzene rings is 2. The number of rotatable bonds is 8. The second-order valence-corrected chi connectivity index (χ2v) is 6.44. The summed E-state index contributed by atoms with van der Waals surface area (Å²) in [6.07, 6.45) is 2.20. The number of carbonyl (C=O) groups excluding carboxylic acids is 2. The Kier molecular flexibility index (Phi) is 5.86. The molecule has 0 aliphatic carbocycles. The molecule has 0 aromatic heterocycles. The van der Waals surface area contributed by atoms with Gasteiger partial charge in [-0.1, -0.05) is 60.7 Å². The third-order valence-corrected chi connectivity index (χ3v) is 4.36. The maximum Gasteiger partial charge on any atom is 0.146 e. The average molecular weight is 308 g/mol. The lowest BCUT2D eigenvalue weighted by atomic mass is 9.79. The summed E-state index contributed by atoms with van der Waals surface area (Å²) >= 11 is 0. The topological polar surface area (TPSA) is 34.1 Å². The molecule has 0 amide bonds. The van der Waals surface area contributed by atoms with E-state index >= 15 is 0 Å². The number of carbonyl (C=O) groups is 2. The van der Waals surface area contributed by atoms with E-state index in [1.165, 1.54) is 0 Å². The Morgan fingerprint density at radius 2 is 1.04 bits per heavy atom. The summed E-state index contributed by atoms with van der Waals surface area (Å²) in [5.74, 6) is 0.0545. The minimum Gasteiger partial charge on any atom is -0.299 e. The fraction of sp³-hybridized carbons (Fsp3) is 0.333. The van der Waals surface area contributed by atoms with Crippen LogP contribution in [0.5, 0.6) is 0 Å². The van der Waals surface area contributed by atoms with Crippen LogP contribution < -0.4 is 0 Å². The van der Waals surface area contributed by atoms with Gasteiger partial charge in [-0.3, -0.25) is 9.59 Å². The molecule has 0 radical (unpaired) electrons. The average Bonchev–Trinajstić information content (AvgIpc) is 2.59. The monoisotopic (exact) mass is 308 g/mol. The highest BCUT2D eigenvalue weighted by Crippen LogP contribution is 2.24. The highest BCUT2D eigenvalue weighted by atomic mass is 16.2. The van der Waals surface area contributed by atoms with Crippen molar-refractivity contribution >= 4 is 11.6 Å². The molecule has 0 unspecified atom stereocenters. The van der Waals surface area contributed by atoms with Gasteiger partial charge in [-0.25, -0.2) is 0 Å². The first-order valence-electron chi connectivity index (χ1n) is 8.14. The van der Waals surface area contributed by atoms with Crippen molar-refractivity contribution in [1.82, 2.24) is 0 Å². The Morgan fingerprint density at radius 1 is 0.696 bits per heavy atom. The van der Waals surface area contributed by atoms with Crippen LogP contribution in [0.2, 0.25) is 0 Å². The standard InChI is InChI=1S/C21H24O2/c1-21(2,19(22)15-13-17-9-5-3-6-10-17)20(23)16-14-18-11-7-4-8-12-18/h3-12H,13-16H2,1-2H3. The molecule has 0 bridgehead atoms. The van der Waals surface area contributed by atoms with Crippen molar-refractivity contribution in [3.63, 3.8) is 0 Å². The zero-order chi connectivity index (χ0) is 16.7. The first kappa shape index (κ1) is 17.1. The van der Waals surface area contributed by atoms with Crippen molar-refractivity contribution in [2.75, 3.05) is 0 Å². The molecule has 0 aliphatic rings. The van der Waals surface area contributed by atoms with Crippen molar-refractivity contribution in [1.29, 1.82) is 0 Å². The number of hydrogen-bond donors (Lipinski definition) is 0. The lowest BCUT2D eigenvalue weighted by molar-refractivity contribution is -0.138. The smallest absolute Gasteiger partial charge is 0.146 e. The van der Waals surface area contributed by atoms with Gasteiger partial charge >= 0.3 is 0 Å². The highest BCUT2D eigenvalue weighted by molar-refractivity contribution is 6.06. The van der Waals surface area contributed by atoms with Gasteiger partial charge in [0.15, 0.2) is 0 Å². The Hall–Kier alpha value is -2.22. The molecule has 2 nitrogen and oxygen atoms in total. The molecule has 0 aliphatic heterocycles. The third-order valence-electron chi connectivity index (χ3n) is 4.36. The maximum absolute atomic E-state index is 12.5. The van der Waals surface area contributed by atoms with Gasteiger partial charge in [-0.2, -0.15) is 0 Å². The molecule has 2 heteroatoms. The van der Waals surface area contributed by atoms with Crippen molar-refractivity contribution in [2.24, 2.45) is 5.41 Å². The highest BCUT2D eigenvalue weighted by Gasteiger charge is 2.34. The van der Waals surface area contributed by atoms with Crippen LogP contribution in [0.1, 0.15) is 37.8 Å². The van der Waals surface area contributed by atoms with E-state index in [2.05, 4.69) is 0 Å². The fourth-order valence-corrected chi connectivity index (χ4v) is 2.59. The molecule has 2 rings (SSSR count). The van der Waals surface area contributed by atoms with E-state index in [4.69, 9.17) is 0 Å². The van der Waals surface area contributed by atoms with Crippen molar-refractivity contribution < 1.29 is 9.59 Å². The van der Waals surface area contributed by atoms with Crippen LogP contribution >= 0.6 is 0 Å². The van der Waals surface area contributed by atoms with Crippen LogP contribution in [0.15, 0.2) is 60.7 Å². The second-order valence-electron chi connectivity index (χ2n) is 6.44. The lowest BCUT2D eigenvalue weighted by Gasteiger charge is -2.21. The number of ketones is 2. The minimum absolute atomic E-state index is 0.0272. The summed E-state index contributed by atoms with van der Waals surface area (Å²) in [6.45, 7) is 3.52. The van der Waals surface area contributed by atoms with Crippen LogP contribution in [-0.2, 0) is 22.4 Å². The zero-order valence-electron chi connectivity index (χ0n) is 13.9. The summed E-state index contributed by atoms with van der Waals surface area (Å²) in [6, 6.07) is 19.8. The van der Waals surface area contributed by atoms with Crippen LogP contribution in [0.4, 0.5) is 0 Å². The van der Waals surface area contributed by atoms with E-state index in [0.29, 0.717) is 25.7 Å². The fourth-order valence-electron chi connectivity index (χ4n) is 2.59. The SMILES string of the molecule is CC(C)(C(=O)CCc1ccccc1)C(=O)CCc1ccccc1. The molecule has 0 heterocycles. The third kappa shape index (κ3) is 4.88. The van der Waals surface area contributed by atoms with Gasteiger partial charge in [0.1, 0.15) is 11.6 Å². The first-order chi connectivity index (χ1) is 11.0. The van der Waals surface area contributed by atoms with Crippen LogP contribution in [0.25, 0.3) is 0 Å². The predicted molar refractivity (Wildman–Crippen MR) is 93.3 cm³/mol. The summed E-state index contributed by atoms with van der Waals surface area (Å²) in [7, 11) is 0. The van der Waals surface area contributed by atoms with E-state index in [-0.39, 0.29) is 11.6 Å². The molecular weight excluding hydrogens is 284 g/mol. The van der Waals surface area contributed by atoms with Crippen LogP contribution in [0.3, 0.4) is 0 Å². The molecule has 0 atom stereocenters. The Morgan fingerprint density at radius 3 is 1.39 bits per heavy atom. The zero-order valence-corrected chi connectivity index (χ0v) is 13.9. The van der Waals surface area contributed by atoms with E-state index < -0.39 is 5.41 Å². The molecule has 0 fully saturated rings. The van der Waals surface area contributed by atoms with E-state index in [1.54, 1.807) is 13.8 Å². The second kappa shape index (κ2) is 7.87. The predicted octanol–water partition coefficient (Wildman–Crippen LogP) is 4.42. The van der Waals surface area contributed by atoms with Gasteiger partial charge in [0.2, 0.25) is 0 Å². The van der Waals surface area contributed by atoms with E-state index in [0.717, 1.165) is 11.1 Å². The molecule has 0 saturated heterocycles. The summed E-state index contributed by atoms with van der Waals surface area (Å²) in [5.41, 5.74) is 1.37. The van der Waals surface area contributed by atoms with Crippen molar-refractivity contribution in [2.45, 2.75) is 39.5 Å². The van der Waals surface area contributed by atoms with Crippen LogP contribution in [-0.4, -0.2) is 11.6 Å². The van der Waals surface area contributed by atoms with Gasteiger partial charge < -0.3 is 0 Å². The summed E-state index contributed by atoms with van der Waals surface area (Å²) in [5, 5.41) is 0. The number of aryl methyl sites for hydroxylation is 2. The van der Waals surface area contributed by atoms with Crippen LogP contribution in [0, 0.1) is 5.41 Å². The van der Waals surface area contributed by atoms with Gasteiger partial charge in [0, 0.05) is 12.8 Å². The quantitative estimate of drug-likeness (QED) is 0.677. The Bertz CT molecular complexity index is 585.